The zero-order valence-electron chi connectivity index (χ0n) is 11.9. The smallest absolute Gasteiger partial charge is 0.326 e. The Morgan fingerprint density at radius 2 is 1.95 bits per heavy atom. The fourth-order valence-electron chi connectivity index (χ4n) is 3.36. The van der Waals surface area contributed by atoms with Crippen LogP contribution in [0.25, 0.3) is 0 Å². The van der Waals surface area contributed by atoms with Crippen molar-refractivity contribution in [1.82, 2.24) is 9.80 Å². The van der Waals surface area contributed by atoms with E-state index in [4.69, 9.17) is 5.11 Å². The quantitative estimate of drug-likeness (QED) is 0.853. The minimum atomic E-state index is -0.873. The van der Waals surface area contributed by atoms with Gasteiger partial charge in [-0.05, 0) is 37.5 Å². The van der Waals surface area contributed by atoms with Crippen molar-refractivity contribution in [3.63, 3.8) is 0 Å². The van der Waals surface area contributed by atoms with Crippen molar-refractivity contribution in [3.8, 4) is 0 Å². The number of carbonyl (C=O) groups is 2. The van der Waals surface area contributed by atoms with Gasteiger partial charge in [0.05, 0.1) is 0 Å². The molecule has 2 fully saturated rings. The SMILES string of the molecule is CCC1(CC)CCN(C(=O)N2CCCC2C(=O)O)C1. The molecule has 0 aromatic rings. The van der Waals surface area contributed by atoms with E-state index in [9.17, 15) is 9.59 Å². The summed E-state index contributed by atoms with van der Waals surface area (Å²) in [6, 6.07) is -0.695. The number of carboxylic acid groups (broad SMARTS) is 1. The Balaban J connectivity index is 2.03. The summed E-state index contributed by atoms with van der Waals surface area (Å²) in [7, 11) is 0. The lowest BCUT2D eigenvalue weighted by molar-refractivity contribution is -0.141. The second-order valence-corrected chi connectivity index (χ2v) is 5.85. The maximum absolute atomic E-state index is 12.5. The third-order valence-corrected chi connectivity index (χ3v) is 4.99. The van der Waals surface area contributed by atoms with Crippen LogP contribution in [0.2, 0.25) is 0 Å². The Bertz CT molecular complexity index is 366. The van der Waals surface area contributed by atoms with Crippen LogP contribution in [0.4, 0.5) is 4.79 Å². The average molecular weight is 268 g/mol. The number of amides is 2. The molecule has 1 unspecified atom stereocenters. The van der Waals surface area contributed by atoms with Gasteiger partial charge < -0.3 is 14.9 Å². The highest BCUT2D eigenvalue weighted by atomic mass is 16.4. The molecule has 19 heavy (non-hydrogen) atoms. The van der Waals surface area contributed by atoms with Gasteiger partial charge in [-0.3, -0.25) is 0 Å². The molecule has 0 saturated carbocycles. The third-order valence-electron chi connectivity index (χ3n) is 4.99. The van der Waals surface area contributed by atoms with E-state index in [0.29, 0.717) is 13.0 Å². The zero-order valence-corrected chi connectivity index (χ0v) is 11.9. The first-order valence-electron chi connectivity index (χ1n) is 7.31. The predicted molar refractivity (Wildman–Crippen MR) is 72.0 cm³/mol. The molecule has 5 heteroatoms. The van der Waals surface area contributed by atoms with Gasteiger partial charge in [-0.15, -0.1) is 0 Å². The Kier molecular flexibility index (Phi) is 4.02. The van der Waals surface area contributed by atoms with Crippen molar-refractivity contribution in [2.75, 3.05) is 19.6 Å². The fraction of sp³-hybridized carbons (Fsp3) is 0.857. The Morgan fingerprint density at radius 3 is 2.47 bits per heavy atom. The molecule has 1 N–H and O–H groups in total. The molecule has 1 atom stereocenters. The topological polar surface area (TPSA) is 60.9 Å². The lowest BCUT2D eigenvalue weighted by atomic mass is 9.82. The first-order valence-corrected chi connectivity index (χ1v) is 7.31. The lowest BCUT2D eigenvalue weighted by Crippen LogP contribution is -2.47. The maximum Gasteiger partial charge on any atom is 0.326 e. The van der Waals surface area contributed by atoms with Gasteiger partial charge in [0.15, 0.2) is 0 Å². The first kappa shape index (κ1) is 14.2. The highest BCUT2D eigenvalue weighted by molar-refractivity contribution is 5.83. The third kappa shape index (κ3) is 2.55. The second kappa shape index (κ2) is 5.39. The minimum absolute atomic E-state index is 0.0753. The summed E-state index contributed by atoms with van der Waals surface area (Å²) in [4.78, 5) is 27.0. The molecule has 2 aliphatic rings. The van der Waals surface area contributed by atoms with E-state index in [1.807, 2.05) is 4.90 Å². The van der Waals surface area contributed by atoms with E-state index in [1.165, 1.54) is 0 Å². The van der Waals surface area contributed by atoms with E-state index in [2.05, 4.69) is 13.8 Å². The number of hydrogen-bond acceptors (Lipinski definition) is 2. The molecule has 2 rings (SSSR count). The van der Waals surface area contributed by atoms with Crippen LogP contribution in [-0.4, -0.2) is 52.6 Å². The van der Waals surface area contributed by atoms with Crippen molar-refractivity contribution >= 4 is 12.0 Å². The van der Waals surface area contributed by atoms with Crippen molar-refractivity contribution in [2.24, 2.45) is 5.41 Å². The summed E-state index contributed by atoms with van der Waals surface area (Å²) in [5, 5.41) is 9.16. The molecule has 2 heterocycles. The molecule has 0 aliphatic carbocycles. The maximum atomic E-state index is 12.5. The Morgan fingerprint density at radius 1 is 1.26 bits per heavy atom. The summed E-state index contributed by atoms with van der Waals surface area (Å²) in [5.74, 6) is -0.873. The van der Waals surface area contributed by atoms with E-state index in [-0.39, 0.29) is 11.4 Å². The number of aliphatic carboxylic acids is 1. The molecule has 2 saturated heterocycles. The summed E-state index contributed by atoms with van der Waals surface area (Å²) in [6.07, 6.45) is 4.58. The van der Waals surface area contributed by atoms with E-state index in [1.54, 1.807) is 4.90 Å². The van der Waals surface area contributed by atoms with Gasteiger partial charge in [-0.2, -0.15) is 0 Å². The van der Waals surface area contributed by atoms with Crippen LogP contribution in [0.3, 0.4) is 0 Å². The molecule has 5 nitrogen and oxygen atoms in total. The van der Waals surface area contributed by atoms with Crippen LogP contribution in [-0.2, 0) is 4.79 Å². The van der Waals surface area contributed by atoms with Gasteiger partial charge >= 0.3 is 12.0 Å². The summed E-state index contributed by atoms with van der Waals surface area (Å²) >= 11 is 0. The normalized spacial score (nSPS) is 25.9. The summed E-state index contributed by atoms with van der Waals surface area (Å²) in [5.41, 5.74) is 0.244. The Hall–Kier alpha value is -1.26. The van der Waals surface area contributed by atoms with Gasteiger partial charge in [-0.25, -0.2) is 9.59 Å². The van der Waals surface area contributed by atoms with Crippen molar-refractivity contribution in [2.45, 2.75) is 52.0 Å². The number of hydrogen-bond donors (Lipinski definition) is 1. The number of urea groups is 1. The lowest BCUT2D eigenvalue weighted by Gasteiger charge is -2.30. The predicted octanol–water partition coefficient (Wildman–Crippen LogP) is 2.17. The average Bonchev–Trinajstić information content (AvgIpc) is 3.05. The molecule has 0 aromatic heterocycles. The van der Waals surface area contributed by atoms with Crippen LogP contribution in [0.15, 0.2) is 0 Å². The molecule has 108 valence electrons. The van der Waals surface area contributed by atoms with E-state index >= 15 is 0 Å². The number of nitrogens with zero attached hydrogens (tertiary/aromatic N) is 2. The number of likely N-dealkylation sites (tertiary alicyclic amines) is 2. The van der Waals surface area contributed by atoms with Crippen LogP contribution < -0.4 is 0 Å². The van der Waals surface area contributed by atoms with Crippen molar-refractivity contribution in [1.29, 1.82) is 0 Å². The first-order chi connectivity index (χ1) is 9.03. The summed E-state index contributed by atoms with van der Waals surface area (Å²) < 4.78 is 0. The molecule has 2 amide bonds. The molecule has 0 aromatic carbocycles. The van der Waals surface area contributed by atoms with Gasteiger partial charge in [0, 0.05) is 19.6 Å². The fourth-order valence-corrected chi connectivity index (χ4v) is 3.36. The van der Waals surface area contributed by atoms with Gasteiger partial charge in [-0.1, -0.05) is 13.8 Å². The van der Waals surface area contributed by atoms with Crippen LogP contribution >= 0.6 is 0 Å². The summed E-state index contributed by atoms with van der Waals surface area (Å²) in [6.45, 7) is 6.48. The highest BCUT2D eigenvalue weighted by Crippen LogP contribution is 2.37. The molecule has 0 radical (unpaired) electrons. The Labute approximate surface area is 114 Å². The number of carbonyl (C=O) groups excluding carboxylic acids is 1. The van der Waals surface area contributed by atoms with Gasteiger partial charge in [0.2, 0.25) is 0 Å². The number of carboxylic acids is 1. The van der Waals surface area contributed by atoms with E-state index < -0.39 is 12.0 Å². The minimum Gasteiger partial charge on any atom is -0.480 e. The largest absolute Gasteiger partial charge is 0.480 e. The van der Waals surface area contributed by atoms with Gasteiger partial charge in [0.25, 0.3) is 0 Å². The van der Waals surface area contributed by atoms with E-state index in [0.717, 1.165) is 38.8 Å². The van der Waals surface area contributed by atoms with Crippen LogP contribution in [0, 0.1) is 5.41 Å². The highest BCUT2D eigenvalue weighted by Gasteiger charge is 2.42. The van der Waals surface area contributed by atoms with Crippen LogP contribution in [0.5, 0.6) is 0 Å². The molecule has 0 spiro atoms. The molecule has 0 bridgehead atoms. The van der Waals surface area contributed by atoms with Crippen molar-refractivity contribution in [3.05, 3.63) is 0 Å². The monoisotopic (exact) mass is 268 g/mol. The molecule has 2 aliphatic heterocycles. The molecular weight excluding hydrogens is 244 g/mol. The van der Waals surface area contributed by atoms with Crippen molar-refractivity contribution < 1.29 is 14.7 Å². The standard InChI is InChI=1S/C14H24N2O3/c1-3-14(4-2)7-9-15(10-14)13(19)16-8-5-6-11(16)12(17)18/h11H,3-10H2,1-2H3,(H,17,18). The van der Waals surface area contributed by atoms with Gasteiger partial charge in [0.1, 0.15) is 6.04 Å². The molecular formula is C14H24N2O3. The van der Waals surface area contributed by atoms with Crippen LogP contribution in [0.1, 0.15) is 46.0 Å². The number of rotatable bonds is 3. The second-order valence-electron chi connectivity index (χ2n) is 5.85. The zero-order chi connectivity index (χ0) is 14.0.